The summed E-state index contributed by atoms with van der Waals surface area (Å²) in [7, 11) is 3.31. The fourth-order valence-electron chi connectivity index (χ4n) is 2.51. The molecular formula is C20H21N3O3. The lowest BCUT2D eigenvalue weighted by Crippen LogP contribution is -2.30. The molecule has 1 aromatic heterocycles. The molecule has 0 unspecified atom stereocenters. The van der Waals surface area contributed by atoms with E-state index >= 15 is 0 Å². The van der Waals surface area contributed by atoms with Gasteiger partial charge in [-0.05, 0) is 24.3 Å². The van der Waals surface area contributed by atoms with E-state index in [2.05, 4.69) is 5.10 Å². The third kappa shape index (κ3) is 4.22. The maximum Gasteiger partial charge on any atom is 0.260 e. The van der Waals surface area contributed by atoms with E-state index in [0.717, 1.165) is 11.3 Å². The number of para-hydroxylation sites is 3. The average molecular weight is 351 g/mol. The lowest BCUT2D eigenvalue weighted by Gasteiger charge is -2.17. The van der Waals surface area contributed by atoms with Crippen molar-refractivity contribution in [3.05, 3.63) is 72.6 Å². The van der Waals surface area contributed by atoms with E-state index in [4.69, 9.17) is 9.47 Å². The van der Waals surface area contributed by atoms with Crippen LogP contribution in [0.15, 0.2) is 67.0 Å². The van der Waals surface area contributed by atoms with Crippen molar-refractivity contribution in [2.75, 3.05) is 20.8 Å². The number of rotatable bonds is 7. The number of methoxy groups -OCH3 is 1. The van der Waals surface area contributed by atoms with Gasteiger partial charge in [-0.3, -0.25) is 4.79 Å². The molecule has 1 amide bonds. The third-order valence-corrected chi connectivity index (χ3v) is 3.92. The van der Waals surface area contributed by atoms with Crippen LogP contribution in [0.25, 0.3) is 5.69 Å². The molecule has 0 saturated carbocycles. The Kier molecular flexibility index (Phi) is 5.53. The molecule has 0 saturated heterocycles. The standard InChI is InChI=1S/C20H21N3O3/c1-22(20(24)15-26-19-11-7-6-10-18(19)25-2)13-16-12-21-23(14-16)17-8-4-3-5-9-17/h3-12,14H,13,15H2,1-2H3. The van der Waals surface area contributed by atoms with Crippen LogP contribution in [0.3, 0.4) is 0 Å². The molecule has 0 N–H and O–H groups in total. The lowest BCUT2D eigenvalue weighted by atomic mass is 10.3. The van der Waals surface area contributed by atoms with Crippen molar-refractivity contribution >= 4 is 5.91 Å². The predicted octanol–water partition coefficient (Wildman–Crippen LogP) is 2.92. The van der Waals surface area contributed by atoms with Crippen LogP contribution in [-0.2, 0) is 11.3 Å². The summed E-state index contributed by atoms with van der Waals surface area (Å²) in [5, 5.41) is 4.35. The third-order valence-electron chi connectivity index (χ3n) is 3.92. The van der Waals surface area contributed by atoms with Gasteiger partial charge in [-0.15, -0.1) is 0 Å². The molecule has 0 spiro atoms. The summed E-state index contributed by atoms with van der Waals surface area (Å²) in [4.78, 5) is 13.9. The monoisotopic (exact) mass is 351 g/mol. The molecule has 6 nitrogen and oxygen atoms in total. The highest BCUT2D eigenvalue weighted by atomic mass is 16.5. The van der Waals surface area contributed by atoms with Crippen LogP contribution >= 0.6 is 0 Å². The Labute approximate surface area is 152 Å². The molecule has 1 heterocycles. The summed E-state index contributed by atoms with van der Waals surface area (Å²) in [5.74, 6) is 1.03. The second kappa shape index (κ2) is 8.20. The first-order valence-electron chi connectivity index (χ1n) is 8.26. The average Bonchev–Trinajstić information content (AvgIpc) is 3.15. The molecule has 3 rings (SSSR count). The fourth-order valence-corrected chi connectivity index (χ4v) is 2.51. The summed E-state index contributed by atoms with van der Waals surface area (Å²) in [6.45, 7) is 0.407. The number of nitrogens with zero attached hydrogens (tertiary/aromatic N) is 3. The van der Waals surface area contributed by atoms with E-state index in [9.17, 15) is 4.79 Å². The quantitative estimate of drug-likeness (QED) is 0.657. The number of aromatic nitrogens is 2. The van der Waals surface area contributed by atoms with Crippen LogP contribution in [0.4, 0.5) is 0 Å². The summed E-state index contributed by atoms with van der Waals surface area (Å²) in [6.07, 6.45) is 3.68. The first-order valence-corrected chi connectivity index (χ1v) is 8.26. The van der Waals surface area contributed by atoms with E-state index in [1.807, 2.05) is 48.7 Å². The minimum atomic E-state index is -0.122. The fraction of sp³-hybridized carbons (Fsp3) is 0.200. The maximum absolute atomic E-state index is 12.3. The zero-order valence-corrected chi connectivity index (χ0v) is 14.8. The van der Waals surface area contributed by atoms with Gasteiger partial charge in [0.2, 0.25) is 0 Å². The predicted molar refractivity (Wildman–Crippen MR) is 98.5 cm³/mol. The highest BCUT2D eigenvalue weighted by molar-refractivity contribution is 5.77. The van der Waals surface area contributed by atoms with Crippen LogP contribution in [0.1, 0.15) is 5.56 Å². The number of benzene rings is 2. The van der Waals surface area contributed by atoms with Gasteiger partial charge in [0.1, 0.15) is 0 Å². The van der Waals surface area contributed by atoms with Crippen molar-refractivity contribution in [1.29, 1.82) is 0 Å². The number of likely N-dealkylation sites (N-methyl/N-ethyl adjacent to an activating group) is 1. The van der Waals surface area contributed by atoms with Crippen molar-refractivity contribution in [3.8, 4) is 17.2 Å². The number of ether oxygens (including phenoxy) is 2. The number of carbonyl (C=O) groups is 1. The van der Waals surface area contributed by atoms with Crippen molar-refractivity contribution in [3.63, 3.8) is 0 Å². The molecule has 134 valence electrons. The number of hydrogen-bond acceptors (Lipinski definition) is 4. The lowest BCUT2D eigenvalue weighted by molar-refractivity contribution is -0.132. The largest absolute Gasteiger partial charge is 0.493 e. The zero-order valence-electron chi connectivity index (χ0n) is 14.8. The normalized spacial score (nSPS) is 10.4. The van der Waals surface area contributed by atoms with Gasteiger partial charge in [0, 0.05) is 25.4 Å². The van der Waals surface area contributed by atoms with E-state index in [1.165, 1.54) is 0 Å². The molecule has 0 radical (unpaired) electrons. The van der Waals surface area contributed by atoms with Crippen LogP contribution in [0, 0.1) is 0 Å². The van der Waals surface area contributed by atoms with Gasteiger partial charge in [-0.1, -0.05) is 30.3 Å². The van der Waals surface area contributed by atoms with Gasteiger partial charge in [0.15, 0.2) is 18.1 Å². The summed E-state index contributed by atoms with van der Waals surface area (Å²) >= 11 is 0. The van der Waals surface area contributed by atoms with Gasteiger partial charge in [-0.2, -0.15) is 5.10 Å². The molecule has 26 heavy (non-hydrogen) atoms. The molecule has 3 aromatic rings. The maximum atomic E-state index is 12.3. The Morgan fingerprint density at radius 1 is 1.08 bits per heavy atom. The van der Waals surface area contributed by atoms with Crippen molar-refractivity contribution in [2.24, 2.45) is 0 Å². The molecule has 0 bridgehead atoms. The van der Waals surface area contributed by atoms with Crippen molar-refractivity contribution in [1.82, 2.24) is 14.7 Å². The van der Waals surface area contributed by atoms with E-state index in [0.29, 0.717) is 18.0 Å². The molecule has 0 aliphatic heterocycles. The molecule has 2 aromatic carbocycles. The number of hydrogen-bond donors (Lipinski definition) is 0. The smallest absolute Gasteiger partial charge is 0.260 e. The second-order valence-corrected chi connectivity index (χ2v) is 5.82. The number of carbonyl (C=O) groups excluding carboxylic acids is 1. The van der Waals surface area contributed by atoms with Crippen LogP contribution < -0.4 is 9.47 Å². The first kappa shape index (κ1) is 17.5. The summed E-state index contributed by atoms with van der Waals surface area (Å²) < 4.78 is 12.6. The molecule has 0 atom stereocenters. The van der Waals surface area contributed by atoms with Crippen molar-refractivity contribution in [2.45, 2.75) is 6.54 Å². The van der Waals surface area contributed by atoms with Crippen LogP contribution in [0.2, 0.25) is 0 Å². The van der Waals surface area contributed by atoms with Crippen molar-refractivity contribution < 1.29 is 14.3 Å². The molecule has 0 aliphatic carbocycles. The Morgan fingerprint density at radius 2 is 1.77 bits per heavy atom. The molecule has 0 aliphatic rings. The zero-order chi connectivity index (χ0) is 18.4. The second-order valence-electron chi connectivity index (χ2n) is 5.82. The molecule has 6 heteroatoms. The van der Waals surface area contributed by atoms with E-state index in [-0.39, 0.29) is 12.5 Å². The SMILES string of the molecule is COc1ccccc1OCC(=O)N(C)Cc1cnn(-c2ccccc2)c1. The van der Waals surface area contributed by atoms with E-state index < -0.39 is 0 Å². The van der Waals surface area contributed by atoms with Gasteiger partial charge in [0.25, 0.3) is 5.91 Å². The highest BCUT2D eigenvalue weighted by Gasteiger charge is 2.13. The Bertz CT molecular complexity index is 862. The minimum absolute atomic E-state index is 0.0519. The van der Waals surface area contributed by atoms with Crippen LogP contribution in [-0.4, -0.2) is 41.4 Å². The Hall–Kier alpha value is -3.28. The van der Waals surface area contributed by atoms with E-state index in [1.54, 1.807) is 42.1 Å². The summed E-state index contributed by atoms with van der Waals surface area (Å²) in [6, 6.07) is 17.1. The molecule has 0 fully saturated rings. The minimum Gasteiger partial charge on any atom is -0.493 e. The van der Waals surface area contributed by atoms with Gasteiger partial charge < -0.3 is 14.4 Å². The molecular weight excluding hydrogens is 330 g/mol. The Morgan fingerprint density at radius 3 is 2.50 bits per heavy atom. The Balaban J connectivity index is 1.57. The van der Waals surface area contributed by atoms with Gasteiger partial charge in [-0.25, -0.2) is 4.68 Å². The van der Waals surface area contributed by atoms with Gasteiger partial charge in [0.05, 0.1) is 19.0 Å². The summed E-state index contributed by atoms with van der Waals surface area (Å²) in [5.41, 5.74) is 1.93. The number of amides is 1. The topological polar surface area (TPSA) is 56.6 Å². The van der Waals surface area contributed by atoms with Crippen LogP contribution in [0.5, 0.6) is 11.5 Å². The first-order chi connectivity index (χ1) is 12.7. The highest BCUT2D eigenvalue weighted by Crippen LogP contribution is 2.25. The van der Waals surface area contributed by atoms with Gasteiger partial charge >= 0.3 is 0 Å².